The second-order valence-corrected chi connectivity index (χ2v) is 2.63. The third-order valence-electron chi connectivity index (χ3n) is 1.74. The van der Waals surface area contributed by atoms with Crippen molar-refractivity contribution < 1.29 is 9.53 Å². The van der Waals surface area contributed by atoms with Crippen molar-refractivity contribution in [1.29, 1.82) is 0 Å². The first-order chi connectivity index (χ1) is 6.69. The van der Waals surface area contributed by atoms with Crippen LogP contribution >= 0.6 is 0 Å². The molecule has 0 saturated heterocycles. The van der Waals surface area contributed by atoms with Crippen molar-refractivity contribution in [1.82, 2.24) is 0 Å². The molecule has 0 radical (unpaired) electrons. The van der Waals surface area contributed by atoms with Crippen molar-refractivity contribution in [2.75, 3.05) is 7.11 Å². The van der Waals surface area contributed by atoms with Gasteiger partial charge in [-0.2, -0.15) is 0 Å². The van der Waals surface area contributed by atoms with Gasteiger partial charge in [-0.05, 0) is 30.7 Å². The van der Waals surface area contributed by atoms with E-state index < -0.39 is 0 Å². The number of Topliss-reactive ketones (excluding diaryl/α,β-unsaturated/α-hetero) is 1. The molecule has 0 aliphatic heterocycles. The summed E-state index contributed by atoms with van der Waals surface area (Å²) in [5, 5.41) is 3.42. The number of carbonyl (C=O) groups is 1. The molecule has 0 aliphatic carbocycles. The van der Waals surface area contributed by atoms with E-state index in [0.717, 1.165) is 0 Å². The molecule has 0 amide bonds. The van der Waals surface area contributed by atoms with E-state index in [4.69, 9.17) is 10.3 Å². The number of hydrogen-bond donors (Lipinski definition) is 0. The number of nitrogens with zero attached hydrogens (tertiary/aromatic N) is 3. The topological polar surface area (TPSA) is 75.1 Å². The van der Waals surface area contributed by atoms with Crippen LogP contribution in [0.3, 0.4) is 0 Å². The molecule has 0 aliphatic rings. The molecule has 14 heavy (non-hydrogen) atoms. The average molecular weight is 191 g/mol. The van der Waals surface area contributed by atoms with Gasteiger partial charge in [0.05, 0.1) is 12.8 Å². The van der Waals surface area contributed by atoms with Gasteiger partial charge in [0.15, 0.2) is 5.78 Å². The third kappa shape index (κ3) is 2.02. The van der Waals surface area contributed by atoms with Gasteiger partial charge >= 0.3 is 0 Å². The van der Waals surface area contributed by atoms with Gasteiger partial charge in [0.25, 0.3) is 0 Å². The molecule has 1 aromatic rings. The molecule has 0 N–H and O–H groups in total. The minimum atomic E-state index is -0.0814. The van der Waals surface area contributed by atoms with Gasteiger partial charge in [0.1, 0.15) is 5.75 Å². The molecule has 1 aromatic carbocycles. The van der Waals surface area contributed by atoms with E-state index in [1.54, 1.807) is 12.1 Å². The van der Waals surface area contributed by atoms with Crippen LogP contribution in [0.1, 0.15) is 17.3 Å². The Morgan fingerprint density at radius 2 is 2.29 bits per heavy atom. The Hall–Kier alpha value is -2.00. The van der Waals surface area contributed by atoms with E-state index in [1.165, 1.54) is 20.1 Å². The van der Waals surface area contributed by atoms with Gasteiger partial charge in [-0.3, -0.25) is 4.79 Å². The SMILES string of the molecule is COc1ccc(C(C)=O)cc1N=[N+]=[N-]. The number of azide groups is 1. The average Bonchev–Trinajstić information content (AvgIpc) is 2.18. The highest BCUT2D eigenvalue weighted by Gasteiger charge is 2.04. The zero-order chi connectivity index (χ0) is 10.6. The smallest absolute Gasteiger partial charge is 0.159 e. The lowest BCUT2D eigenvalue weighted by Gasteiger charge is -2.04. The lowest BCUT2D eigenvalue weighted by Crippen LogP contribution is -1.92. The van der Waals surface area contributed by atoms with E-state index in [9.17, 15) is 4.79 Å². The number of ketones is 1. The van der Waals surface area contributed by atoms with Gasteiger partial charge < -0.3 is 4.74 Å². The Bertz CT molecular complexity index is 409. The minimum Gasteiger partial charge on any atom is -0.496 e. The summed E-state index contributed by atoms with van der Waals surface area (Å²) >= 11 is 0. The summed E-state index contributed by atoms with van der Waals surface area (Å²) in [6, 6.07) is 4.72. The number of benzene rings is 1. The Morgan fingerprint density at radius 3 is 2.79 bits per heavy atom. The lowest BCUT2D eigenvalue weighted by atomic mass is 10.1. The van der Waals surface area contributed by atoms with Crippen molar-refractivity contribution in [3.05, 3.63) is 34.2 Å². The lowest BCUT2D eigenvalue weighted by molar-refractivity contribution is 0.101. The predicted octanol–water partition coefficient (Wildman–Crippen LogP) is 2.84. The summed E-state index contributed by atoms with van der Waals surface area (Å²) in [6.07, 6.45) is 0. The summed E-state index contributed by atoms with van der Waals surface area (Å²) in [5.74, 6) is 0.370. The number of methoxy groups -OCH3 is 1. The third-order valence-corrected chi connectivity index (χ3v) is 1.74. The Balaban J connectivity index is 3.27. The van der Waals surface area contributed by atoms with Crippen LogP contribution in [0, 0.1) is 0 Å². The molecule has 0 spiro atoms. The van der Waals surface area contributed by atoms with Crippen molar-refractivity contribution in [3.8, 4) is 5.75 Å². The Labute approximate surface area is 80.9 Å². The fraction of sp³-hybridized carbons (Fsp3) is 0.222. The van der Waals surface area contributed by atoms with E-state index >= 15 is 0 Å². The number of rotatable bonds is 3. The molecular formula is C9H9N3O2. The summed E-state index contributed by atoms with van der Waals surface area (Å²) in [5.41, 5.74) is 9.10. The van der Waals surface area contributed by atoms with Crippen LogP contribution in [-0.4, -0.2) is 12.9 Å². The molecule has 0 heterocycles. The van der Waals surface area contributed by atoms with Gasteiger partial charge in [0, 0.05) is 10.5 Å². The van der Waals surface area contributed by atoms with Crippen LogP contribution < -0.4 is 4.74 Å². The molecule has 0 atom stereocenters. The van der Waals surface area contributed by atoms with E-state index in [2.05, 4.69) is 10.0 Å². The van der Waals surface area contributed by atoms with Gasteiger partial charge in [-0.25, -0.2) is 0 Å². The van der Waals surface area contributed by atoms with Crippen LogP contribution in [0.2, 0.25) is 0 Å². The maximum absolute atomic E-state index is 11.0. The highest BCUT2D eigenvalue weighted by molar-refractivity contribution is 5.95. The molecule has 0 aromatic heterocycles. The fourth-order valence-corrected chi connectivity index (χ4v) is 1.04. The van der Waals surface area contributed by atoms with Crippen LogP contribution in [0.4, 0.5) is 5.69 Å². The zero-order valence-electron chi connectivity index (χ0n) is 7.89. The summed E-state index contributed by atoms with van der Waals surface area (Å²) in [6.45, 7) is 1.45. The Kier molecular flexibility index (Phi) is 3.09. The quantitative estimate of drug-likeness (QED) is 0.319. The molecule has 72 valence electrons. The highest BCUT2D eigenvalue weighted by atomic mass is 16.5. The first-order valence-electron chi connectivity index (χ1n) is 3.93. The van der Waals surface area contributed by atoms with Gasteiger partial charge in [-0.15, -0.1) is 0 Å². The molecule has 0 unspecified atom stereocenters. The monoisotopic (exact) mass is 191 g/mol. The van der Waals surface area contributed by atoms with Gasteiger partial charge in [0.2, 0.25) is 0 Å². The van der Waals surface area contributed by atoms with Crippen molar-refractivity contribution >= 4 is 11.5 Å². The Morgan fingerprint density at radius 1 is 1.57 bits per heavy atom. The van der Waals surface area contributed by atoms with Crippen LogP contribution in [-0.2, 0) is 0 Å². The maximum atomic E-state index is 11.0. The molecule has 5 nitrogen and oxygen atoms in total. The van der Waals surface area contributed by atoms with Gasteiger partial charge in [-0.1, -0.05) is 5.11 Å². The second-order valence-electron chi connectivity index (χ2n) is 2.63. The largest absolute Gasteiger partial charge is 0.496 e. The summed E-state index contributed by atoms with van der Waals surface area (Å²) in [4.78, 5) is 13.7. The zero-order valence-corrected chi connectivity index (χ0v) is 7.89. The molecule has 1 rings (SSSR count). The number of carbonyl (C=O) groups excluding carboxylic acids is 1. The van der Waals surface area contributed by atoms with Crippen LogP contribution in [0.15, 0.2) is 23.3 Å². The van der Waals surface area contributed by atoms with Crippen LogP contribution in [0.5, 0.6) is 5.75 Å². The molecule has 0 bridgehead atoms. The van der Waals surface area contributed by atoms with E-state index in [0.29, 0.717) is 17.0 Å². The first-order valence-corrected chi connectivity index (χ1v) is 3.93. The number of hydrogen-bond acceptors (Lipinski definition) is 3. The number of ether oxygens (including phenoxy) is 1. The van der Waals surface area contributed by atoms with E-state index in [1.807, 2.05) is 0 Å². The van der Waals surface area contributed by atoms with Crippen molar-refractivity contribution in [2.24, 2.45) is 5.11 Å². The van der Waals surface area contributed by atoms with Crippen LogP contribution in [0.25, 0.3) is 10.4 Å². The van der Waals surface area contributed by atoms with Crippen molar-refractivity contribution in [2.45, 2.75) is 6.92 Å². The normalized spacial score (nSPS) is 9.00. The summed E-state index contributed by atoms with van der Waals surface area (Å²) < 4.78 is 4.96. The predicted molar refractivity (Wildman–Crippen MR) is 51.8 cm³/mol. The molecule has 0 fully saturated rings. The maximum Gasteiger partial charge on any atom is 0.159 e. The highest BCUT2D eigenvalue weighted by Crippen LogP contribution is 2.28. The standard InChI is InChI=1S/C9H9N3O2/c1-6(13)7-3-4-9(14-2)8(5-7)11-12-10/h3-5H,1-2H3. The first kappa shape index (κ1) is 10.1. The minimum absolute atomic E-state index is 0.0814. The molecule has 0 saturated carbocycles. The fourth-order valence-electron chi connectivity index (χ4n) is 1.04. The molecule has 5 heteroatoms. The second kappa shape index (κ2) is 4.30. The van der Waals surface area contributed by atoms with Crippen molar-refractivity contribution in [3.63, 3.8) is 0 Å². The molecular weight excluding hydrogens is 182 g/mol. The summed E-state index contributed by atoms with van der Waals surface area (Å²) in [7, 11) is 1.47. The van der Waals surface area contributed by atoms with E-state index in [-0.39, 0.29) is 5.78 Å².